The van der Waals surface area contributed by atoms with E-state index in [4.69, 9.17) is 15.6 Å². The highest BCUT2D eigenvalue weighted by molar-refractivity contribution is 5.75. The zero-order chi connectivity index (χ0) is 23.0. The summed E-state index contributed by atoms with van der Waals surface area (Å²) in [6, 6.07) is 7.90. The third-order valence-corrected chi connectivity index (χ3v) is 6.73. The van der Waals surface area contributed by atoms with Gasteiger partial charge in [0, 0.05) is 67.0 Å². The predicted molar refractivity (Wildman–Crippen MR) is 125 cm³/mol. The highest BCUT2D eigenvalue weighted by atomic mass is 16.5. The van der Waals surface area contributed by atoms with Crippen molar-refractivity contribution in [3.05, 3.63) is 54.1 Å². The number of amides is 2. The van der Waals surface area contributed by atoms with E-state index in [2.05, 4.69) is 26.0 Å². The molecule has 3 aromatic rings. The van der Waals surface area contributed by atoms with Crippen LogP contribution in [0.5, 0.6) is 5.75 Å². The predicted octanol–water partition coefficient (Wildman–Crippen LogP) is 3.14. The summed E-state index contributed by atoms with van der Waals surface area (Å²) >= 11 is 0. The summed E-state index contributed by atoms with van der Waals surface area (Å²) in [6.07, 6.45) is 6.99. The number of likely N-dealkylation sites (tertiary alicyclic amines) is 1. The number of rotatable bonds is 5. The van der Waals surface area contributed by atoms with Crippen LogP contribution in [0.15, 0.2) is 42.9 Å². The number of nitrogen functional groups attached to an aromatic ring is 1. The minimum Gasteiger partial charge on any atom is -0.482 e. The number of nitrogens with two attached hydrogens (primary N) is 1. The summed E-state index contributed by atoms with van der Waals surface area (Å²) in [5.41, 5.74) is 9.92. The van der Waals surface area contributed by atoms with Crippen LogP contribution in [0.25, 0.3) is 11.3 Å². The molecule has 0 aromatic carbocycles. The van der Waals surface area contributed by atoms with Crippen molar-refractivity contribution in [1.29, 1.82) is 0 Å². The molecule has 1 saturated heterocycles. The number of hydrogen-bond donors (Lipinski definition) is 2. The van der Waals surface area contributed by atoms with Gasteiger partial charge in [0.1, 0.15) is 6.10 Å². The van der Waals surface area contributed by atoms with Gasteiger partial charge in [-0.1, -0.05) is 6.07 Å². The normalized spacial score (nSPS) is 20.1. The summed E-state index contributed by atoms with van der Waals surface area (Å²) in [4.78, 5) is 22.8. The molecule has 172 valence electrons. The topological polar surface area (TPSA) is 111 Å². The van der Waals surface area contributed by atoms with Crippen LogP contribution in [0.4, 0.5) is 10.6 Å². The molecule has 0 bridgehead atoms. The van der Waals surface area contributed by atoms with E-state index in [1.54, 1.807) is 18.6 Å². The van der Waals surface area contributed by atoms with Crippen molar-refractivity contribution >= 4 is 11.8 Å². The fraction of sp³-hybridized carbons (Fsp3) is 0.417. The van der Waals surface area contributed by atoms with Gasteiger partial charge >= 0.3 is 6.03 Å². The number of fused-ring (bicyclic) bond motifs is 2. The fourth-order valence-corrected chi connectivity index (χ4v) is 4.89. The molecule has 9 heteroatoms. The third-order valence-electron chi connectivity index (χ3n) is 6.73. The van der Waals surface area contributed by atoms with E-state index in [1.165, 1.54) is 5.69 Å². The van der Waals surface area contributed by atoms with Gasteiger partial charge in [-0.2, -0.15) is 5.10 Å². The molecular formula is C24H29N7O2. The first-order valence-electron chi connectivity index (χ1n) is 11.4. The van der Waals surface area contributed by atoms with Gasteiger partial charge in [0.2, 0.25) is 0 Å². The fourth-order valence-electron chi connectivity index (χ4n) is 4.89. The van der Waals surface area contributed by atoms with Crippen molar-refractivity contribution in [1.82, 2.24) is 30.0 Å². The molecule has 9 nitrogen and oxygen atoms in total. The lowest BCUT2D eigenvalue weighted by molar-refractivity contribution is 0.206. The van der Waals surface area contributed by atoms with E-state index >= 15 is 0 Å². The molecule has 1 fully saturated rings. The van der Waals surface area contributed by atoms with Gasteiger partial charge in [0.25, 0.3) is 0 Å². The molecule has 3 aromatic heterocycles. The van der Waals surface area contributed by atoms with Crippen LogP contribution in [0.3, 0.4) is 0 Å². The van der Waals surface area contributed by atoms with Crippen molar-refractivity contribution in [3.63, 3.8) is 0 Å². The highest BCUT2D eigenvalue weighted by Crippen LogP contribution is 2.44. The third kappa shape index (κ3) is 3.88. The number of aromatic nitrogens is 4. The second-order valence-corrected chi connectivity index (χ2v) is 8.83. The quantitative estimate of drug-likeness (QED) is 0.622. The number of anilines is 1. The van der Waals surface area contributed by atoms with Crippen molar-refractivity contribution < 1.29 is 9.53 Å². The highest BCUT2D eigenvalue weighted by Gasteiger charge is 2.46. The molecule has 0 aliphatic carbocycles. The Morgan fingerprint density at radius 1 is 1.30 bits per heavy atom. The van der Waals surface area contributed by atoms with Crippen LogP contribution in [0.1, 0.15) is 44.1 Å². The summed E-state index contributed by atoms with van der Waals surface area (Å²) in [5, 5.41) is 7.76. The number of nitrogens with zero attached hydrogens (tertiary/aromatic N) is 5. The minimum absolute atomic E-state index is 0.0137. The molecule has 3 N–H and O–H groups in total. The summed E-state index contributed by atoms with van der Waals surface area (Å²) in [6.45, 7) is 6.87. The summed E-state index contributed by atoms with van der Waals surface area (Å²) in [7, 11) is 0. The Hall–Kier alpha value is -3.62. The minimum atomic E-state index is -0.216. The van der Waals surface area contributed by atoms with Crippen molar-refractivity contribution in [2.75, 3.05) is 25.4 Å². The molecule has 1 unspecified atom stereocenters. The Morgan fingerprint density at radius 3 is 2.94 bits per heavy atom. The lowest BCUT2D eigenvalue weighted by atomic mass is 9.82. The first-order chi connectivity index (χ1) is 16.0. The molecule has 0 saturated carbocycles. The number of ether oxygens (including phenoxy) is 1. The molecule has 33 heavy (non-hydrogen) atoms. The van der Waals surface area contributed by atoms with Crippen molar-refractivity contribution in [2.45, 2.75) is 44.8 Å². The molecule has 2 aliphatic heterocycles. The average Bonchev–Trinajstić information content (AvgIpc) is 3.53. The number of hydrogen-bond acceptors (Lipinski definition) is 6. The average molecular weight is 448 g/mol. The zero-order valence-corrected chi connectivity index (χ0v) is 19.0. The second-order valence-electron chi connectivity index (χ2n) is 8.83. The SMILES string of the molecule is CCNC(=O)N1CCC2(CCn3nc(-c4cnc(N)c(O[C@H](C)c5cccnc5)c4)cc32)C1. The maximum atomic E-state index is 12.3. The van der Waals surface area contributed by atoms with E-state index in [0.717, 1.165) is 49.3 Å². The van der Waals surface area contributed by atoms with Gasteiger partial charge in [0.15, 0.2) is 11.6 Å². The van der Waals surface area contributed by atoms with E-state index in [1.807, 2.05) is 36.9 Å². The Kier molecular flexibility index (Phi) is 5.39. The van der Waals surface area contributed by atoms with Gasteiger partial charge < -0.3 is 20.7 Å². The summed E-state index contributed by atoms with van der Waals surface area (Å²) < 4.78 is 8.19. The number of pyridine rings is 2. The lowest BCUT2D eigenvalue weighted by Gasteiger charge is -2.23. The summed E-state index contributed by atoms with van der Waals surface area (Å²) in [5.74, 6) is 0.862. The van der Waals surface area contributed by atoms with E-state index < -0.39 is 0 Å². The van der Waals surface area contributed by atoms with Crippen molar-refractivity contribution in [2.24, 2.45) is 0 Å². The molecule has 5 rings (SSSR count). The van der Waals surface area contributed by atoms with Gasteiger partial charge in [-0.3, -0.25) is 9.67 Å². The van der Waals surface area contributed by atoms with Crippen LogP contribution in [-0.4, -0.2) is 50.3 Å². The van der Waals surface area contributed by atoms with Crippen LogP contribution >= 0.6 is 0 Å². The largest absolute Gasteiger partial charge is 0.482 e. The van der Waals surface area contributed by atoms with E-state index in [-0.39, 0.29) is 17.6 Å². The number of nitrogens with one attached hydrogen (secondary N) is 1. The monoisotopic (exact) mass is 447 g/mol. The maximum absolute atomic E-state index is 12.3. The molecule has 0 radical (unpaired) electrons. The van der Waals surface area contributed by atoms with Gasteiger partial charge in [0.05, 0.1) is 5.69 Å². The Labute approximate surface area is 193 Å². The van der Waals surface area contributed by atoms with Crippen LogP contribution in [0.2, 0.25) is 0 Å². The van der Waals surface area contributed by atoms with Crippen LogP contribution in [-0.2, 0) is 12.0 Å². The van der Waals surface area contributed by atoms with Gasteiger partial charge in [-0.05, 0) is 44.9 Å². The molecule has 2 aliphatic rings. The zero-order valence-electron chi connectivity index (χ0n) is 19.0. The molecular weight excluding hydrogens is 418 g/mol. The first-order valence-corrected chi connectivity index (χ1v) is 11.4. The van der Waals surface area contributed by atoms with Crippen LogP contribution in [0, 0.1) is 0 Å². The van der Waals surface area contributed by atoms with Gasteiger partial charge in [-0.15, -0.1) is 0 Å². The van der Waals surface area contributed by atoms with Gasteiger partial charge in [-0.25, -0.2) is 9.78 Å². The molecule has 2 amide bonds. The lowest BCUT2D eigenvalue weighted by Crippen LogP contribution is -2.40. The maximum Gasteiger partial charge on any atom is 0.317 e. The van der Waals surface area contributed by atoms with Crippen molar-refractivity contribution in [3.8, 4) is 17.0 Å². The number of carbonyl (C=O) groups excluding carboxylic acids is 1. The van der Waals surface area contributed by atoms with E-state index in [0.29, 0.717) is 18.1 Å². The molecule has 2 atom stereocenters. The Balaban J connectivity index is 1.38. The van der Waals surface area contributed by atoms with Crippen LogP contribution < -0.4 is 15.8 Å². The Bertz CT molecular complexity index is 1160. The Morgan fingerprint density at radius 2 is 2.15 bits per heavy atom. The number of urea groups is 1. The second kappa shape index (κ2) is 8.38. The molecule has 1 spiro atoms. The van der Waals surface area contributed by atoms with E-state index in [9.17, 15) is 4.79 Å². The number of carbonyl (C=O) groups is 1. The molecule has 5 heterocycles. The number of aryl methyl sites for hydroxylation is 1. The smallest absolute Gasteiger partial charge is 0.317 e. The standard InChI is InChI=1S/C24H29N7O2/c1-3-27-23(32)30-9-6-24(15-30)7-10-31-21(24)12-19(29-31)18-11-20(22(25)28-14-18)33-16(2)17-5-4-8-26-13-17/h4-5,8,11-14,16H,3,6-7,9-10,15H2,1-2H3,(H2,25,28)(H,27,32)/t16-,24?/m1/s1. The first kappa shape index (κ1) is 21.2.